The standard InChI is InChI=1S/C13H20N2O2/c1-2-9(8-16)14-11-4-3-5-12-10(11)6-7-13(17)15-12/h6-7,9,11,14,16H,2-5,8H2,1H3,(H,15,17)/t9-,11?/m1/s1. The van der Waals surface area contributed by atoms with E-state index in [1.807, 2.05) is 6.07 Å². The number of fused-ring (bicyclic) bond motifs is 1. The smallest absolute Gasteiger partial charge is 0.248 e. The molecule has 4 heteroatoms. The fourth-order valence-electron chi connectivity index (χ4n) is 2.46. The van der Waals surface area contributed by atoms with Gasteiger partial charge in [0, 0.05) is 23.8 Å². The summed E-state index contributed by atoms with van der Waals surface area (Å²) in [7, 11) is 0. The van der Waals surface area contributed by atoms with E-state index in [2.05, 4.69) is 17.2 Å². The first-order chi connectivity index (χ1) is 8.24. The lowest BCUT2D eigenvalue weighted by molar-refractivity contribution is 0.223. The van der Waals surface area contributed by atoms with Gasteiger partial charge >= 0.3 is 0 Å². The highest BCUT2D eigenvalue weighted by Gasteiger charge is 2.22. The molecule has 1 aliphatic rings. The van der Waals surface area contributed by atoms with Crippen molar-refractivity contribution in [2.24, 2.45) is 0 Å². The second-order valence-corrected chi connectivity index (χ2v) is 4.66. The lowest BCUT2D eigenvalue weighted by Gasteiger charge is -2.29. The predicted octanol–water partition coefficient (Wildman–Crippen LogP) is 1.11. The van der Waals surface area contributed by atoms with Crippen molar-refractivity contribution in [1.82, 2.24) is 10.3 Å². The average molecular weight is 236 g/mol. The Kier molecular flexibility index (Phi) is 3.97. The molecule has 1 aromatic heterocycles. The van der Waals surface area contributed by atoms with Crippen LogP contribution >= 0.6 is 0 Å². The molecule has 0 amide bonds. The summed E-state index contributed by atoms with van der Waals surface area (Å²) in [6.07, 6.45) is 3.99. The van der Waals surface area contributed by atoms with Crippen LogP contribution in [-0.4, -0.2) is 22.7 Å². The fraction of sp³-hybridized carbons (Fsp3) is 0.615. The SMILES string of the molecule is CC[C@H](CO)NC1CCCc2[nH]c(=O)ccc21. The predicted molar refractivity (Wildman–Crippen MR) is 67.0 cm³/mol. The van der Waals surface area contributed by atoms with Crippen LogP contribution in [0.3, 0.4) is 0 Å². The van der Waals surface area contributed by atoms with Crippen molar-refractivity contribution in [1.29, 1.82) is 0 Å². The maximum Gasteiger partial charge on any atom is 0.248 e. The van der Waals surface area contributed by atoms with Crippen LogP contribution in [0.2, 0.25) is 0 Å². The molecule has 1 unspecified atom stereocenters. The van der Waals surface area contributed by atoms with E-state index < -0.39 is 0 Å². The van der Waals surface area contributed by atoms with Gasteiger partial charge in [-0.05, 0) is 31.2 Å². The van der Waals surface area contributed by atoms with Crippen LogP contribution < -0.4 is 10.9 Å². The Morgan fingerprint density at radius 1 is 1.59 bits per heavy atom. The molecule has 4 nitrogen and oxygen atoms in total. The Morgan fingerprint density at radius 2 is 2.41 bits per heavy atom. The molecule has 2 rings (SSSR count). The highest BCUT2D eigenvalue weighted by molar-refractivity contribution is 5.26. The second kappa shape index (κ2) is 5.47. The van der Waals surface area contributed by atoms with E-state index in [1.54, 1.807) is 6.07 Å². The summed E-state index contributed by atoms with van der Waals surface area (Å²) in [4.78, 5) is 14.2. The van der Waals surface area contributed by atoms with Gasteiger partial charge in [-0.2, -0.15) is 0 Å². The molecule has 1 aliphatic carbocycles. The zero-order valence-electron chi connectivity index (χ0n) is 10.2. The number of aliphatic hydroxyl groups is 1. The minimum absolute atomic E-state index is 0.0291. The Balaban J connectivity index is 2.19. The van der Waals surface area contributed by atoms with Gasteiger partial charge in [-0.1, -0.05) is 13.0 Å². The lowest BCUT2D eigenvalue weighted by Crippen LogP contribution is -2.37. The number of nitrogens with one attached hydrogen (secondary N) is 2. The molecular formula is C13H20N2O2. The Bertz CT molecular complexity index is 424. The zero-order valence-corrected chi connectivity index (χ0v) is 10.2. The highest BCUT2D eigenvalue weighted by atomic mass is 16.3. The molecule has 3 N–H and O–H groups in total. The van der Waals surface area contributed by atoms with E-state index in [-0.39, 0.29) is 24.2 Å². The quantitative estimate of drug-likeness (QED) is 0.734. The highest BCUT2D eigenvalue weighted by Crippen LogP contribution is 2.27. The number of aromatic nitrogens is 1. The number of hydrogen-bond donors (Lipinski definition) is 3. The van der Waals surface area contributed by atoms with Gasteiger partial charge in [-0.25, -0.2) is 0 Å². The zero-order chi connectivity index (χ0) is 12.3. The summed E-state index contributed by atoms with van der Waals surface area (Å²) in [5, 5.41) is 12.7. The molecule has 0 spiro atoms. The minimum atomic E-state index is -0.0291. The summed E-state index contributed by atoms with van der Waals surface area (Å²) in [6.45, 7) is 2.22. The second-order valence-electron chi connectivity index (χ2n) is 4.66. The largest absolute Gasteiger partial charge is 0.395 e. The maximum atomic E-state index is 11.3. The first kappa shape index (κ1) is 12.3. The van der Waals surface area contributed by atoms with Crippen LogP contribution in [0.1, 0.15) is 43.5 Å². The Hall–Kier alpha value is -1.13. The van der Waals surface area contributed by atoms with Gasteiger partial charge in [0.15, 0.2) is 0 Å². The number of aromatic amines is 1. The molecule has 0 aromatic carbocycles. The topological polar surface area (TPSA) is 65.1 Å². The van der Waals surface area contributed by atoms with Crippen molar-refractivity contribution >= 4 is 0 Å². The first-order valence-electron chi connectivity index (χ1n) is 6.33. The average Bonchev–Trinajstić information content (AvgIpc) is 2.35. The number of hydrogen-bond acceptors (Lipinski definition) is 3. The molecule has 94 valence electrons. The van der Waals surface area contributed by atoms with Crippen molar-refractivity contribution in [3.05, 3.63) is 33.7 Å². The van der Waals surface area contributed by atoms with Crippen molar-refractivity contribution in [2.75, 3.05) is 6.61 Å². The molecule has 0 radical (unpaired) electrons. The molecule has 0 saturated heterocycles. The summed E-state index contributed by atoms with van der Waals surface area (Å²) >= 11 is 0. The molecule has 1 aromatic rings. The van der Waals surface area contributed by atoms with Gasteiger partial charge < -0.3 is 15.4 Å². The fourth-order valence-corrected chi connectivity index (χ4v) is 2.46. The summed E-state index contributed by atoms with van der Waals surface area (Å²) in [6, 6.07) is 3.89. The summed E-state index contributed by atoms with van der Waals surface area (Å²) in [5.74, 6) is 0. The van der Waals surface area contributed by atoms with Gasteiger partial charge in [0.25, 0.3) is 0 Å². The first-order valence-corrected chi connectivity index (χ1v) is 6.33. The minimum Gasteiger partial charge on any atom is -0.395 e. The molecule has 0 fully saturated rings. The number of H-pyrrole nitrogens is 1. The number of rotatable bonds is 4. The Morgan fingerprint density at radius 3 is 3.12 bits per heavy atom. The third-order valence-electron chi connectivity index (χ3n) is 3.48. The molecule has 2 atom stereocenters. The number of pyridine rings is 1. The third kappa shape index (κ3) is 2.76. The summed E-state index contributed by atoms with van der Waals surface area (Å²) in [5.41, 5.74) is 2.20. The maximum absolute atomic E-state index is 11.3. The molecular weight excluding hydrogens is 216 g/mol. The van der Waals surface area contributed by atoms with Gasteiger partial charge in [0.05, 0.1) is 6.61 Å². The van der Waals surface area contributed by atoms with E-state index in [1.165, 1.54) is 5.56 Å². The van der Waals surface area contributed by atoms with E-state index >= 15 is 0 Å². The number of aryl methyl sites for hydroxylation is 1. The van der Waals surface area contributed by atoms with Crippen LogP contribution in [0.15, 0.2) is 16.9 Å². The van der Waals surface area contributed by atoms with E-state index in [0.717, 1.165) is 31.4 Å². The van der Waals surface area contributed by atoms with Crippen molar-refractivity contribution in [2.45, 2.75) is 44.7 Å². The van der Waals surface area contributed by atoms with Gasteiger partial charge in [0.1, 0.15) is 0 Å². The van der Waals surface area contributed by atoms with Crippen LogP contribution in [0.4, 0.5) is 0 Å². The van der Waals surface area contributed by atoms with Gasteiger partial charge in [-0.15, -0.1) is 0 Å². The van der Waals surface area contributed by atoms with Gasteiger partial charge in [0.2, 0.25) is 5.56 Å². The van der Waals surface area contributed by atoms with Crippen LogP contribution in [-0.2, 0) is 6.42 Å². The molecule has 1 heterocycles. The van der Waals surface area contributed by atoms with Crippen LogP contribution in [0.25, 0.3) is 0 Å². The van der Waals surface area contributed by atoms with E-state index in [4.69, 9.17) is 0 Å². The monoisotopic (exact) mass is 236 g/mol. The number of aliphatic hydroxyl groups excluding tert-OH is 1. The van der Waals surface area contributed by atoms with E-state index in [9.17, 15) is 9.90 Å². The Labute approximate surface area is 101 Å². The van der Waals surface area contributed by atoms with Gasteiger partial charge in [-0.3, -0.25) is 4.79 Å². The molecule has 0 bridgehead atoms. The lowest BCUT2D eigenvalue weighted by atomic mass is 9.90. The van der Waals surface area contributed by atoms with Crippen molar-refractivity contribution in [3.63, 3.8) is 0 Å². The van der Waals surface area contributed by atoms with Crippen LogP contribution in [0, 0.1) is 0 Å². The normalized spacial score (nSPS) is 20.9. The molecule has 0 saturated carbocycles. The van der Waals surface area contributed by atoms with Crippen molar-refractivity contribution < 1.29 is 5.11 Å². The molecule has 0 aliphatic heterocycles. The third-order valence-corrected chi connectivity index (χ3v) is 3.48. The summed E-state index contributed by atoms with van der Waals surface area (Å²) < 4.78 is 0. The van der Waals surface area contributed by atoms with Crippen molar-refractivity contribution in [3.8, 4) is 0 Å². The van der Waals surface area contributed by atoms with Crippen LogP contribution in [0.5, 0.6) is 0 Å². The molecule has 17 heavy (non-hydrogen) atoms. The van der Waals surface area contributed by atoms with E-state index in [0.29, 0.717) is 0 Å².